The second-order valence-electron chi connectivity index (χ2n) is 5.59. The quantitative estimate of drug-likeness (QED) is 0.600. The van der Waals surface area contributed by atoms with Gasteiger partial charge in [-0.1, -0.05) is 19.9 Å². The lowest BCUT2D eigenvalue weighted by atomic mass is 9.78. The van der Waals surface area contributed by atoms with Gasteiger partial charge in [0.15, 0.2) is 5.78 Å². The van der Waals surface area contributed by atoms with Crippen LogP contribution in [0.2, 0.25) is 0 Å². The molecule has 112 valence electrons. The zero-order valence-electron chi connectivity index (χ0n) is 12.0. The molecule has 0 aromatic heterocycles. The van der Waals surface area contributed by atoms with Crippen LogP contribution in [0.15, 0.2) is 24.3 Å². The van der Waals surface area contributed by atoms with Crippen molar-refractivity contribution in [2.45, 2.75) is 19.8 Å². The first kappa shape index (κ1) is 14.1. The number of ketones is 2. The topological polar surface area (TPSA) is 94.8 Å². The summed E-state index contributed by atoms with van der Waals surface area (Å²) in [6.07, 6.45) is 0. The van der Waals surface area contributed by atoms with Gasteiger partial charge < -0.3 is 15.3 Å². The molecule has 3 N–H and O–H groups in total. The predicted molar refractivity (Wildman–Crippen MR) is 78.8 cm³/mol. The van der Waals surface area contributed by atoms with E-state index in [2.05, 4.69) is 0 Å². The summed E-state index contributed by atoms with van der Waals surface area (Å²) in [6, 6.07) is 5.27. The van der Waals surface area contributed by atoms with E-state index in [4.69, 9.17) is 0 Å². The van der Waals surface area contributed by atoms with Gasteiger partial charge in [0.1, 0.15) is 17.2 Å². The van der Waals surface area contributed by atoms with Crippen LogP contribution in [0.25, 0.3) is 0 Å². The number of hydrogen-bond donors (Lipinski definition) is 3. The Balaban J connectivity index is 2.44. The molecule has 0 bridgehead atoms. The molecule has 0 aliphatic heterocycles. The van der Waals surface area contributed by atoms with Crippen LogP contribution in [-0.4, -0.2) is 26.9 Å². The molecular weight excluding hydrogens is 284 g/mol. The third-order valence-electron chi connectivity index (χ3n) is 3.91. The summed E-state index contributed by atoms with van der Waals surface area (Å²) in [6.45, 7) is 3.73. The van der Waals surface area contributed by atoms with Gasteiger partial charge in [-0.3, -0.25) is 9.59 Å². The summed E-state index contributed by atoms with van der Waals surface area (Å²) < 4.78 is 0. The number of phenols is 3. The molecular formula is C17H14O5. The van der Waals surface area contributed by atoms with Crippen molar-refractivity contribution < 1.29 is 24.9 Å². The number of carbonyl (C=O) groups is 2. The highest BCUT2D eigenvalue weighted by Crippen LogP contribution is 2.42. The van der Waals surface area contributed by atoms with Crippen LogP contribution >= 0.6 is 0 Å². The van der Waals surface area contributed by atoms with Crippen molar-refractivity contribution in [1.29, 1.82) is 0 Å². The fourth-order valence-corrected chi connectivity index (χ4v) is 2.85. The molecule has 1 aliphatic rings. The zero-order chi connectivity index (χ0) is 16.2. The predicted octanol–water partition coefficient (Wildman–Crippen LogP) is 2.70. The Morgan fingerprint density at radius 1 is 0.682 bits per heavy atom. The number of fused-ring (bicyclic) bond motifs is 2. The van der Waals surface area contributed by atoms with E-state index in [-0.39, 0.29) is 39.7 Å². The van der Waals surface area contributed by atoms with Crippen LogP contribution < -0.4 is 0 Å². The average Bonchev–Trinajstić information content (AvgIpc) is 2.46. The molecule has 0 unspecified atom stereocenters. The number of hydrogen-bond acceptors (Lipinski definition) is 5. The zero-order valence-corrected chi connectivity index (χ0v) is 12.0. The summed E-state index contributed by atoms with van der Waals surface area (Å²) in [5, 5.41) is 29.9. The molecule has 0 radical (unpaired) electrons. The molecule has 2 aromatic rings. The molecule has 3 rings (SSSR count). The molecule has 5 nitrogen and oxygen atoms in total. The standard InChI is InChI=1S/C17H14O5/c1-7(2)8-3-4-9(18)13-12(8)16(21)14-10(19)5-6-11(20)15(14)17(13)22/h3-7,18-20H,1-2H3. The first-order valence-electron chi connectivity index (χ1n) is 6.84. The number of rotatable bonds is 1. The molecule has 0 atom stereocenters. The monoisotopic (exact) mass is 298 g/mol. The van der Waals surface area contributed by atoms with Crippen molar-refractivity contribution in [3.05, 3.63) is 52.1 Å². The highest BCUT2D eigenvalue weighted by atomic mass is 16.3. The summed E-state index contributed by atoms with van der Waals surface area (Å²) in [4.78, 5) is 25.4. The molecule has 0 spiro atoms. The van der Waals surface area contributed by atoms with E-state index in [0.717, 1.165) is 6.07 Å². The smallest absolute Gasteiger partial charge is 0.202 e. The maximum absolute atomic E-state index is 12.8. The second kappa shape index (κ2) is 4.59. The number of phenolic OH excluding ortho intramolecular Hbond substituents is 3. The minimum Gasteiger partial charge on any atom is -0.507 e. The van der Waals surface area contributed by atoms with E-state index < -0.39 is 17.3 Å². The van der Waals surface area contributed by atoms with E-state index in [0.29, 0.717) is 5.56 Å². The Kier molecular flexibility index (Phi) is 2.95. The van der Waals surface area contributed by atoms with Crippen molar-refractivity contribution in [2.24, 2.45) is 0 Å². The largest absolute Gasteiger partial charge is 0.507 e. The fraction of sp³-hybridized carbons (Fsp3) is 0.176. The SMILES string of the molecule is CC(C)c1ccc(O)c2c1C(=O)c1c(O)ccc(O)c1C2=O. The molecule has 22 heavy (non-hydrogen) atoms. The second-order valence-corrected chi connectivity index (χ2v) is 5.59. The Morgan fingerprint density at radius 3 is 1.50 bits per heavy atom. The molecule has 1 aliphatic carbocycles. The van der Waals surface area contributed by atoms with E-state index in [1.807, 2.05) is 13.8 Å². The maximum Gasteiger partial charge on any atom is 0.202 e. The summed E-state index contributed by atoms with van der Waals surface area (Å²) in [7, 11) is 0. The van der Waals surface area contributed by atoms with Gasteiger partial charge >= 0.3 is 0 Å². The van der Waals surface area contributed by atoms with Crippen molar-refractivity contribution in [3.63, 3.8) is 0 Å². The van der Waals surface area contributed by atoms with Crippen LogP contribution in [-0.2, 0) is 0 Å². The van der Waals surface area contributed by atoms with Crippen molar-refractivity contribution in [1.82, 2.24) is 0 Å². The van der Waals surface area contributed by atoms with Crippen molar-refractivity contribution >= 4 is 11.6 Å². The fourth-order valence-electron chi connectivity index (χ4n) is 2.85. The maximum atomic E-state index is 12.8. The highest BCUT2D eigenvalue weighted by molar-refractivity contribution is 6.31. The molecule has 2 aromatic carbocycles. The summed E-state index contributed by atoms with van der Waals surface area (Å²) in [5.74, 6) is -2.37. The van der Waals surface area contributed by atoms with Crippen molar-refractivity contribution in [3.8, 4) is 17.2 Å². The van der Waals surface area contributed by atoms with Gasteiger partial charge in [0.05, 0.1) is 16.7 Å². The van der Waals surface area contributed by atoms with Gasteiger partial charge in [0.2, 0.25) is 5.78 Å². The van der Waals surface area contributed by atoms with E-state index >= 15 is 0 Å². The first-order valence-corrected chi connectivity index (χ1v) is 6.84. The molecule has 5 heteroatoms. The third kappa shape index (κ3) is 1.72. The van der Waals surface area contributed by atoms with Crippen LogP contribution in [0.3, 0.4) is 0 Å². The van der Waals surface area contributed by atoms with Crippen LogP contribution in [0, 0.1) is 0 Å². The Labute approximate surface area is 126 Å². The first-order chi connectivity index (χ1) is 10.3. The molecule has 0 heterocycles. The van der Waals surface area contributed by atoms with Gasteiger partial charge in [0, 0.05) is 5.56 Å². The van der Waals surface area contributed by atoms with Crippen LogP contribution in [0.5, 0.6) is 17.2 Å². The number of carbonyl (C=O) groups excluding carboxylic acids is 2. The Hall–Kier alpha value is -2.82. The lowest BCUT2D eigenvalue weighted by Gasteiger charge is -2.23. The van der Waals surface area contributed by atoms with Gasteiger partial charge in [-0.05, 0) is 29.7 Å². The van der Waals surface area contributed by atoms with Gasteiger partial charge in [-0.25, -0.2) is 0 Å². The lowest BCUT2D eigenvalue weighted by Crippen LogP contribution is -2.23. The summed E-state index contributed by atoms with van der Waals surface area (Å²) >= 11 is 0. The van der Waals surface area contributed by atoms with Crippen LogP contribution in [0.4, 0.5) is 0 Å². The van der Waals surface area contributed by atoms with Gasteiger partial charge in [-0.2, -0.15) is 0 Å². The highest BCUT2D eigenvalue weighted by Gasteiger charge is 2.38. The normalized spacial score (nSPS) is 13.2. The number of benzene rings is 2. The molecule has 0 saturated heterocycles. The minimum atomic E-state index is -0.669. The third-order valence-corrected chi connectivity index (χ3v) is 3.91. The van der Waals surface area contributed by atoms with Gasteiger partial charge in [0.25, 0.3) is 0 Å². The van der Waals surface area contributed by atoms with Gasteiger partial charge in [-0.15, -0.1) is 0 Å². The lowest BCUT2D eigenvalue weighted by molar-refractivity contribution is 0.0970. The van der Waals surface area contributed by atoms with E-state index in [9.17, 15) is 24.9 Å². The minimum absolute atomic E-state index is 0.0490. The summed E-state index contributed by atoms with van der Waals surface area (Å²) in [5.41, 5.74) is 0.0937. The Morgan fingerprint density at radius 2 is 1.05 bits per heavy atom. The van der Waals surface area contributed by atoms with E-state index in [1.54, 1.807) is 6.07 Å². The van der Waals surface area contributed by atoms with Crippen molar-refractivity contribution in [2.75, 3.05) is 0 Å². The average molecular weight is 298 g/mol. The van der Waals surface area contributed by atoms with Crippen LogP contribution in [0.1, 0.15) is 57.2 Å². The van der Waals surface area contributed by atoms with E-state index in [1.165, 1.54) is 12.1 Å². The Bertz CT molecular complexity index is 833. The molecule has 0 saturated carbocycles. The number of aromatic hydroxyl groups is 3. The molecule has 0 amide bonds. The molecule has 0 fully saturated rings.